The molecule has 0 aromatic rings. The summed E-state index contributed by atoms with van der Waals surface area (Å²) in [6, 6.07) is 1.85. The lowest BCUT2D eigenvalue weighted by Gasteiger charge is -2.59. The van der Waals surface area contributed by atoms with Crippen LogP contribution in [0.15, 0.2) is 0 Å². The summed E-state index contributed by atoms with van der Waals surface area (Å²) >= 11 is 0. The normalized spacial score (nSPS) is 34.0. The molecule has 21 heavy (non-hydrogen) atoms. The Balaban J connectivity index is 1.23. The zero-order valence-corrected chi connectivity index (χ0v) is 14.1. The summed E-state index contributed by atoms with van der Waals surface area (Å²) in [6.45, 7) is 10.5. The monoisotopic (exact) mass is 291 g/mol. The topological polar surface area (TPSA) is 9.72 Å². The molecule has 120 valence electrons. The molecule has 0 bridgehead atoms. The highest BCUT2D eigenvalue weighted by Crippen LogP contribution is 2.52. The van der Waals surface area contributed by atoms with E-state index < -0.39 is 0 Å². The Morgan fingerprint density at radius 2 is 1.43 bits per heavy atom. The number of hydrogen-bond donors (Lipinski definition) is 0. The fraction of sp³-hybridized carbons (Fsp3) is 1.00. The number of hydrogen-bond acceptors (Lipinski definition) is 3. The summed E-state index contributed by atoms with van der Waals surface area (Å²) in [6.07, 6.45) is 8.80. The van der Waals surface area contributed by atoms with Crippen LogP contribution in [0.5, 0.6) is 0 Å². The third-order valence-electron chi connectivity index (χ3n) is 7.01. The van der Waals surface area contributed by atoms with Crippen molar-refractivity contribution in [1.29, 1.82) is 0 Å². The number of piperidine rings is 2. The highest BCUT2D eigenvalue weighted by atomic mass is 15.2. The van der Waals surface area contributed by atoms with E-state index in [1.54, 1.807) is 0 Å². The van der Waals surface area contributed by atoms with Crippen LogP contribution in [0.4, 0.5) is 0 Å². The molecule has 3 saturated heterocycles. The first-order valence-corrected chi connectivity index (χ1v) is 9.30. The van der Waals surface area contributed by atoms with Gasteiger partial charge in [-0.25, -0.2) is 0 Å². The molecule has 3 nitrogen and oxygen atoms in total. The fourth-order valence-electron chi connectivity index (χ4n) is 5.38. The number of nitrogens with zero attached hydrogens (tertiary/aromatic N) is 3. The van der Waals surface area contributed by atoms with Gasteiger partial charge in [-0.05, 0) is 83.1 Å². The smallest absolute Gasteiger partial charge is 0.0120 e. The van der Waals surface area contributed by atoms with Gasteiger partial charge < -0.3 is 9.80 Å². The van der Waals surface area contributed by atoms with E-state index in [4.69, 9.17) is 0 Å². The maximum atomic E-state index is 2.83. The van der Waals surface area contributed by atoms with E-state index >= 15 is 0 Å². The molecule has 0 unspecified atom stereocenters. The number of likely N-dealkylation sites (tertiary alicyclic amines) is 3. The van der Waals surface area contributed by atoms with Gasteiger partial charge in [0, 0.05) is 25.2 Å². The van der Waals surface area contributed by atoms with Crippen LogP contribution < -0.4 is 0 Å². The highest BCUT2D eigenvalue weighted by Gasteiger charge is 2.49. The zero-order chi connectivity index (χ0) is 14.4. The van der Waals surface area contributed by atoms with Crippen LogP contribution >= 0.6 is 0 Å². The first kappa shape index (κ1) is 14.5. The molecule has 0 radical (unpaired) electrons. The summed E-state index contributed by atoms with van der Waals surface area (Å²) in [7, 11) is 2.27. The third-order valence-corrected chi connectivity index (χ3v) is 7.01. The molecule has 4 fully saturated rings. The minimum atomic E-state index is 0.755. The molecule has 3 heteroatoms. The van der Waals surface area contributed by atoms with Gasteiger partial charge in [0.15, 0.2) is 0 Å². The van der Waals surface area contributed by atoms with Crippen molar-refractivity contribution >= 4 is 0 Å². The summed E-state index contributed by atoms with van der Waals surface area (Å²) in [5.41, 5.74) is 0.755. The molecule has 0 atom stereocenters. The lowest BCUT2D eigenvalue weighted by Crippen LogP contribution is -2.61. The van der Waals surface area contributed by atoms with Crippen LogP contribution in [-0.4, -0.2) is 73.1 Å². The van der Waals surface area contributed by atoms with E-state index in [0.29, 0.717) is 0 Å². The maximum Gasteiger partial charge on any atom is 0.0120 e. The van der Waals surface area contributed by atoms with Gasteiger partial charge in [-0.15, -0.1) is 0 Å². The molecule has 4 aliphatic rings. The first-order chi connectivity index (χ1) is 10.1. The Hall–Kier alpha value is -0.120. The van der Waals surface area contributed by atoms with Crippen molar-refractivity contribution in [1.82, 2.24) is 14.7 Å². The number of rotatable bonds is 2. The summed E-state index contributed by atoms with van der Waals surface area (Å²) in [4.78, 5) is 8.07. The van der Waals surface area contributed by atoms with Crippen LogP contribution in [-0.2, 0) is 0 Å². The van der Waals surface area contributed by atoms with Gasteiger partial charge in [-0.1, -0.05) is 6.92 Å². The maximum absolute atomic E-state index is 2.83. The fourth-order valence-corrected chi connectivity index (χ4v) is 5.38. The van der Waals surface area contributed by atoms with Gasteiger partial charge in [0.1, 0.15) is 0 Å². The molecular weight excluding hydrogens is 258 g/mol. The van der Waals surface area contributed by atoms with Crippen molar-refractivity contribution in [2.45, 2.75) is 57.5 Å². The van der Waals surface area contributed by atoms with Crippen LogP contribution in [0.2, 0.25) is 0 Å². The summed E-state index contributed by atoms with van der Waals surface area (Å²) in [5, 5.41) is 0. The molecule has 0 N–H and O–H groups in total. The van der Waals surface area contributed by atoms with Crippen LogP contribution in [0.25, 0.3) is 0 Å². The molecule has 1 spiro atoms. The Morgan fingerprint density at radius 3 is 2.00 bits per heavy atom. The lowest BCUT2D eigenvalue weighted by atomic mass is 9.59. The zero-order valence-electron chi connectivity index (χ0n) is 14.1. The second-order valence-corrected chi connectivity index (χ2v) is 8.69. The van der Waals surface area contributed by atoms with Crippen LogP contribution in [0.1, 0.15) is 45.4 Å². The van der Waals surface area contributed by atoms with Gasteiger partial charge in [0.2, 0.25) is 0 Å². The lowest BCUT2D eigenvalue weighted by molar-refractivity contribution is -0.0830. The van der Waals surface area contributed by atoms with Crippen molar-refractivity contribution in [3.8, 4) is 0 Å². The van der Waals surface area contributed by atoms with E-state index in [-0.39, 0.29) is 0 Å². The van der Waals surface area contributed by atoms with Crippen molar-refractivity contribution in [3.63, 3.8) is 0 Å². The van der Waals surface area contributed by atoms with Crippen molar-refractivity contribution in [2.24, 2.45) is 11.3 Å². The Kier molecular flexibility index (Phi) is 3.79. The van der Waals surface area contributed by atoms with Gasteiger partial charge in [-0.3, -0.25) is 4.90 Å². The molecule has 1 saturated carbocycles. The summed E-state index contributed by atoms with van der Waals surface area (Å²) in [5.74, 6) is 0.966. The molecule has 3 aliphatic heterocycles. The Labute approximate surface area is 130 Å². The Bertz CT molecular complexity index is 353. The van der Waals surface area contributed by atoms with E-state index in [2.05, 4.69) is 28.7 Å². The van der Waals surface area contributed by atoms with Crippen molar-refractivity contribution in [2.75, 3.05) is 46.3 Å². The van der Waals surface area contributed by atoms with E-state index in [9.17, 15) is 0 Å². The van der Waals surface area contributed by atoms with Gasteiger partial charge in [0.25, 0.3) is 0 Å². The molecule has 3 heterocycles. The van der Waals surface area contributed by atoms with Crippen molar-refractivity contribution in [3.05, 3.63) is 0 Å². The molecular formula is C18H33N3. The van der Waals surface area contributed by atoms with Crippen LogP contribution in [0.3, 0.4) is 0 Å². The first-order valence-electron chi connectivity index (χ1n) is 9.30. The van der Waals surface area contributed by atoms with Gasteiger partial charge in [-0.2, -0.15) is 0 Å². The van der Waals surface area contributed by atoms with E-state index in [1.807, 2.05) is 0 Å². The molecule has 0 amide bonds. The van der Waals surface area contributed by atoms with Gasteiger partial charge >= 0.3 is 0 Å². The molecule has 4 rings (SSSR count). The standard InChI is InChI=1S/C18H33N3/c1-15-13-21(14-15)17-11-18(12-17)5-9-20(10-6-18)16-3-7-19(2)8-4-16/h15-17H,3-14H2,1-2H3. The van der Waals surface area contributed by atoms with E-state index in [0.717, 1.165) is 23.4 Å². The Morgan fingerprint density at radius 1 is 0.810 bits per heavy atom. The molecule has 1 aliphatic carbocycles. The minimum absolute atomic E-state index is 0.755. The predicted octanol–water partition coefficient (Wildman–Crippen LogP) is 2.28. The van der Waals surface area contributed by atoms with Gasteiger partial charge in [0.05, 0.1) is 0 Å². The quantitative estimate of drug-likeness (QED) is 0.773. The highest BCUT2D eigenvalue weighted by molar-refractivity contribution is 5.03. The average molecular weight is 291 g/mol. The average Bonchev–Trinajstić information content (AvgIpc) is 2.43. The van der Waals surface area contributed by atoms with Crippen molar-refractivity contribution < 1.29 is 0 Å². The minimum Gasteiger partial charge on any atom is -0.306 e. The molecule has 0 aromatic carbocycles. The second-order valence-electron chi connectivity index (χ2n) is 8.69. The van der Waals surface area contributed by atoms with Crippen LogP contribution in [0, 0.1) is 11.3 Å². The van der Waals surface area contributed by atoms with E-state index in [1.165, 1.54) is 77.8 Å². The second kappa shape index (κ2) is 5.50. The third kappa shape index (κ3) is 2.77. The molecule has 0 aromatic heterocycles. The largest absolute Gasteiger partial charge is 0.306 e. The summed E-state index contributed by atoms with van der Waals surface area (Å²) < 4.78 is 0. The SMILES string of the molecule is CC1CN(C2CC3(CCN(C4CCN(C)CC4)CC3)C2)C1. The predicted molar refractivity (Wildman–Crippen MR) is 87.5 cm³/mol.